The van der Waals surface area contributed by atoms with Gasteiger partial charge in [0.15, 0.2) is 0 Å². The molecule has 1 amide bonds. The number of nitrogens with zero attached hydrogens (tertiary/aromatic N) is 3. The first kappa shape index (κ1) is 17.5. The first-order valence-corrected chi connectivity index (χ1v) is 9.77. The molecular weight excluding hydrogens is 322 g/mol. The minimum absolute atomic E-state index is 0.0570. The first-order chi connectivity index (χ1) is 12.4. The van der Waals surface area contributed by atoms with Gasteiger partial charge in [0.25, 0.3) is 0 Å². The molecule has 137 valence electrons. The summed E-state index contributed by atoms with van der Waals surface area (Å²) >= 11 is 0. The van der Waals surface area contributed by atoms with E-state index in [4.69, 9.17) is 0 Å². The van der Waals surface area contributed by atoms with Crippen molar-refractivity contribution in [3.63, 3.8) is 0 Å². The lowest BCUT2D eigenvalue weighted by atomic mass is 9.78. The second-order valence-electron chi connectivity index (χ2n) is 9.10. The van der Waals surface area contributed by atoms with Crippen molar-refractivity contribution in [2.24, 2.45) is 17.3 Å². The third kappa shape index (κ3) is 2.83. The predicted octanol–water partition coefficient (Wildman–Crippen LogP) is 3.10. The zero-order valence-electron chi connectivity index (χ0n) is 16.0. The lowest BCUT2D eigenvalue weighted by Crippen LogP contribution is -2.49. The molecule has 2 fully saturated rings. The molecule has 0 bridgehead atoms. The summed E-state index contributed by atoms with van der Waals surface area (Å²) in [5.41, 5.74) is 2.19. The van der Waals surface area contributed by atoms with Gasteiger partial charge in [0, 0.05) is 31.0 Å². The molecule has 4 atom stereocenters. The third-order valence-corrected chi connectivity index (χ3v) is 6.44. The van der Waals surface area contributed by atoms with Gasteiger partial charge in [0.05, 0.1) is 17.7 Å². The molecule has 26 heavy (non-hydrogen) atoms. The van der Waals surface area contributed by atoms with Gasteiger partial charge in [-0.05, 0) is 48.9 Å². The minimum Gasteiger partial charge on any atom is -0.331 e. The highest BCUT2D eigenvalue weighted by molar-refractivity contribution is 5.90. The standard InChI is InChI=1S/C22H28N3O/c1-22(2,3)18-6-4-5-11-24(18)13-17-14-25-19(26)10-9-15-7-8-16(12-23)20(17)21(15)25/h4,7-10,15,17-18,21H,5-6,11,13-14H2,1-3H3. The lowest BCUT2D eigenvalue weighted by Gasteiger charge is -2.44. The van der Waals surface area contributed by atoms with Crippen LogP contribution in [0.3, 0.4) is 0 Å². The molecule has 4 rings (SSSR count). The number of allylic oxidation sites excluding steroid dienone is 2. The second-order valence-corrected chi connectivity index (χ2v) is 9.10. The number of hydrogen-bond donors (Lipinski definition) is 0. The maximum atomic E-state index is 12.5. The Bertz CT molecular complexity index is 733. The van der Waals surface area contributed by atoms with Gasteiger partial charge in [-0.1, -0.05) is 32.9 Å². The molecule has 0 aromatic heterocycles. The van der Waals surface area contributed by atoms with Crippen molar-refractivity contribution >= 4 is 5.91 Å². The van der Waals surface area contributed by atoms with Crippen LogP contribution in [-0.2, 0) is 4.79 Å². The molecule has 0 aromatic carbocycles. The SMILES string of the molecule is CC(C)(C)C1C[CH]CCN1CC1CN2C(=O)C=CC3C=CC(C#N)=C1C32. The van der Waals surface area contributed by atoms with E-state index >= 15 is 0 Å². The number of amides is 1. The highest BCUT2D eigenvalue weighted by Crippen LogP contribution is 2.43. The van der Waals surface area contributed by atoms with Crippen molar-refractivity contribution in [3.8, 4) is 6.07 Å². The van der Waals surface area contributed by atoms with E-state index in [0.29, 0.717) is 6.04 Å². The van der Waals surface area contributed by atoms with Gasteiger partial charge in [-0.15, -0.1) is 0 Å². The molecule has 4 heteroatoms. The number of carbonyl (C=O) groups is 1. The van der Waals surface area contributed by atoms with E-state index in [1.165, 1.54) is 5.57 Å². The number of rotatable bonds is 2. The van der Waals surface area contributed by atoms with Gasteiger partial charge >= 0.3 is 0 Å². The minimum atomic E-state index is 0.0570. The highest BCUT2D eigenvalue weighted by Gasteiger charge is 2.47. The molecule has 1 radical (unpaired) electrons. The normalized spacial score (nSPS) is 34.2. The van der Waals surface area contributed by atoms with Crippen LogP contribution in [0.1, 0.15) is 33.6 Å². The lowest BCUT2D eigenvalue weighted by molar-refractivity contribution is -0.127. The molecule has 2 saturated heterocycles. The maximum Gasteiger partial charge on any atom is 0.246 e. The summed E-state index contributed by atoms with van der Waals surface area (Å²) in [7, 11) is 0. The Morgan fingerprint density at radius 2 is 2.04 bits per heavy atom. The summed E-state index contributed by atoms with van der Waals surface area (Å²) in [6.45, 7) is 9.70. The molecule has 3 heterocycles. The predicted molar refractivity (Wildman–Crippen MR) is 102 cm³/mol. The van der Waals surface area contributed by atoms with Crippen molar-refractivity contribution in [2.75, 3.05) is 19.6 Å². The molecule has 0 aromatic rings. The topological polar surface area (TPSA) is 47.3 Å². The molecule has 0 N–H and O–H groups in total. The third-order valence-electron chi connectivity index (χ3n) is 6.44. The first-order valence-electron chi connectivity index (χ1n) is 9.77. The number of hydrogen-bond acceptors (Lipinski definition) is 3. The molecule has 4 nitrogen and oxygen atoms in total. The fourth-order valence-corrected chi connectivity index (χ4v) is 5.25. The average Bonchev–Trinajstić information content (AvgIpc) is 2.99. The van der Waals surface area contributed by atoms with Crippen LogP contribution in [0.15, 0.2) is 35.5 Å². The second kappa shape index (κ2) is 6.39. The van der Waals surface area contributed by atoms with E-state index in [1.54, 1.807) is 6.08 Å². The summed E-state index contributed by atoms with van der Waals surface area (Å²) in [4.78, 5) is 17.1. The Kier molecular flexibility index (Phi) is 4.31. The molecule has 3 aliphatic heterocycles. The van der Waals surface area contributed by atoms with Crippen LogP contribution in [0.25, 0.3) is 0 Å². The Hall–Kier alpha value is -1.86. The van der Waals surface area contributed by atoms with Crippen molar-refractivity contribution in [1.29, 1.82) is 5.26 Å². The summed E-state index contributed by atoms with van der Waals surface area (Å²) in [6, 6.07) is 2.97. The van der Waals surface area contributed by atoms with E-state index < -0.39 is 0 Å². The Labute approximate surface area is 156 Å². The smallest absolute Gasteiger partial charge is 0.246 e. The van der Waals surface area contributed by atoms with Crippen LogP contribution >= 0.6 is 0 Å². The summed E-state index contributed by atoms with van der Waals surface area (Å²) in [5, 5.41) is 9.67. The molecule has 0 saturated carbocycles. The van der Waals surface area contributed by atoms with E-state index in [2.05, 4.69) is 44.2 Å². The Morgan fingerprint density at radius 1 is 1.27 bits per heavy atom. The number of nitriles is 1. The highest BCUT2D eigenvalue weighted by atomic mass is 16.2. The van der Waals surface area contributed by atoms with Crippen LogP contribution in [0, 0.1) is 35.0 Å². The summed E-state index contributed by atoms with van der Waals surface area (Å²) in [5.74, 6) is 0.574. The van der Waals surface area contributed by atoms with Crippen LogP contribution in [-0.4, -0.2) is 47.4 Å². The van der Waals surface area contributed by atoms with E-state index in [9.17, 15) is 10.1 Å². The summed E-state index contributed by atoms with van der Waals surface area (Å²) in [6.07, 6.45) is 12.4. The number of likely N-dealkylation sites (tertiary alicyclic amines) is 1. The van der Waals surface area contributed by atoms with E-state index in [-0.39, 0.29) is 29.2 Å². The quantitative estimate of drug-likeness (QED) is 0.769. The maximum absolute atomic E-state index is 12.5. The van der Waals surface area contributed by atoms with Crippen molar-refractivity contribution < 1.29 is 4.79 Å². The molecular formula is C22H28N3O. The van der Waals surface area contributed by atoms with E-state index in [1.807, 2.05) is 17.1 Å². The Balaban J connectivity index is 1.65. The fourth-order valence-electron chi connectivity index (χ4n) is 5.25. The van der Waals surface area contributed by atoms with Crippen LogP contribution in [0.4, 0.5) is 0 Å². The van der Waals surface area contributed by atoms with Crippen LogP contribution in [0.5, 0.6) is 0 Å². The zero-order valence-corrected chi connectivity index (χ0v) is 16.0. The van der Waals surface area contributed by atoms with Gasteiger partial charge in [-0.25, -0.2) is 0 Å². The van der Waals surface area contributed by atoms with Crippen LogP contribution in [0.2, 0.25) is 0 Å². The molecule has 1 aliphatic carbocycles. The van der Waals surface area contributed by atoms with Crippen molar-refractivity contribution in [1.82, 2.24) is 9.80 Å². The van der Waals surface area contributed by atoms with Gasteiger partial charge in [-0.3, -0.25) is 9.69 Å². The molecule has 0 spiro atoms. The zero-order chi connectivity index (χ0) is 18.5. The van der Waals surface area contributed by atoms with E-state index in [0.717, 1.165) is 38.0 Å². The van der Waals surface area contributed by atoms with Crippen LogP contribution < -0.4 is 0 Å². The van der Waals surface area contributed by atoms with Gasteiger partial charge in [0.2, 0.25) is 5.91 Å². The monoisotopic (exact) mass is 350 g/mol. The number of carbonyl (C=O) groups excluding carboxylic acids is 1. The van der Waals surface area contributed by atoms with Crippen molar-refractivity contribution in [2.45, 2.75) is 45.7 Å². The summed E-state index contributed by atoms with van der Waals surface area (Å²) < 4.78 is 0. The fraction of sp³-hybridized carbons (Fsp3) is 0.591. The van der Waals surface area contributed by atoms with Gasteiger partial charge in [0.1, 0.15) is 0 Å². The van der Waals surface area contributed by atoms with Crippen molar-refractivity contribution in [3.05, 3.63) is 41.9 Å². The van der Waals surface area contributed by atoms with Gasteiger partial charge < -0.3 is 4.90 Å². The van der Waals surface area contributed by atoms with Gasteiger partial charge in [-0.2, -0.15) is 5.26 Å². The molecule has 4 aliphatic rings. The molecule has 4 unspecified atom stereocenters. The Morgan fingerprint density at radius 3 is 2.77 bits per heavy atom. The largest absolute Gasteiger partial charge is 0.331 e. The average molecular weight is 350 g/mol. The number of piperidine rings is 1.